The van der Waals surface area contributed by atoms with Gasteiger partial charge < -0.3 is 9.72 Å². The zero-order chi connectivity index (χ0) is 31.2. The molecule has 0 atom stereocenters. The van der Waals surface area contributed by atoms with E-state index in [1.54, 1.807) is 24.8 Å². The lowest BCUT2D eigenvalue weighted by Gasteiger charge is -2.07. The summed E-state index contributed by atoms with van der Waals surface area (Å²) < 4.78 is 6.12. The van der Waals surface area contributed by atoms with Crippen molar-refractivity contribution in [2.75, 3.05) is 0 Å². The quantitative estimate of drug-likeness (QED) is 0.150. The van der Waals surface area contributed by atoms with Crippen molar-refractivity contribution in [1.29, 1.82) is 0 Å². The topological polar surface area (TPSA) is 102 Å². The molecule has 1 N–H and O–H groups in total. The number of hydrogen-bond acceptors (Lipinski definition) is 7. The number of hydrogen-bond donors (Lipinski definition) is 1. The molecule has 5 aromatic heterocycles. The summed E-state index contributed by atoms with van der Waals surface area (Å²) in [5.74, 6) is 1.57. The minimum absolute atomic E-state index is 0.452. The molecule has 222 valence electrons. The lowest BCUT2D eigenvalue weighted by molar-refractivity contribution is 0.306. The number of aliphatic imine (C=N–C) groups is 1. The van der Waals surface area contributed by atoms with Crippen LogP contribution in [-0.2, 0) is 6.61 Å². The van der Waals surface area contributed by atoms with Crippen molar-refractivity contribution in [2.24, 2.45) is 4.99 Å². The van der Waals surface area contributed by atoms with Crippen LogP contribution in [0.4, 0.5) is 5.69 Å². The highest BCUT2D eigenvalue weighted by Crippen LogP contribution is 2.34. The Labute approximate surface area is 268 Å². The molecule has 0 saturated heterocycles. The number of nitrogens with zero attached hydrogens (tertiary/aromatic N) is 6. The second-order valence-electron chi connectivity index (χ2n) is 11.3. The van der Waals surface area contributed by atoms with Gasteiger partial charge in [0.15, 0.2) is 0 Å². The number of rotatable bonds is 6. The summed E-state index contributed by atoms with van der Waals surface area (Å²) in [5, 5.41) is 3.97. The van der Waals surface area contributed by atoms with E-state index in [0.29, 0.717) is 6.61 Å². The summed E-state index contributed by atoms with van der Waals surface area (Å²) in [6.45, 7) is 0.452. The zero-order valence-corrected chi connectivity index (χ0v) is 25.0. The van der Waals surface area contributed by atoms with Gasteiger partial charge in [0, 0.05) is 58.1 Å². The van der Waals surface area contributed by atoms with Crippen LogP contribution in [-0.4, -0.2) is 36.1 Å². The van der Waals surface area contributed by atoms with E-state index in [9.17, 15) is 0 Å². The fourth-order valence-corrected chi connectivity index (χ4v) is 6.06. The summed E-state index contributed by atoms with van der Waals surface area (Å²) in [6, 6.07) is 34.2. The number of aromatic amines is 1. The maximum Gasteiger partial charge on any atom is 0.138 e. The third kappa shape index (κ3) is 4.80. The van der Waals surface area contributed by atoms with Crippen LogP contribution in [0.3, 0.4) is 0 Å². The highest BCUT2D eigenvalue weighted by atomic mass is 16.5. The van der Waals surface area contributed by atoms with Crippen LogP contribution in [0, 0.1) is 0 Å². The van der Waals surface area contributed by atoms with Crippen LogP contribution in [0.1, 0.15) is 11.1 Å². The van der Waals surface area contributed by atoms with E-state index >= 15 is 0 Å². The minimum atomic E-state index is 0.452. The maximum absolute atomic E-state index is 6.12. The van der Waals surface area contributed by atoms with Crippen molar-refractivity contribution < 1.29 is 4.74 Å². The SMILES string of the molecule is C(=Nc1cc2cccnc2c2ncccc12)c1ccc(COc2ccc(-c3nc4c5cccnc5c5ncccc5c4[nH]3)cc2)cc1. The molecule has 0 fully saturated rings. The van der Waals surface area contributed by atoms with Crippen molar-refractivity contribution in [3.8, 4) is 17.1 Å². The van der Waals surface area contributed by atoms with E-state index < -0.39 is 0 Å². The Balaban J connectivity index is 0.916. The average Bonchev–Trinajstić information content (AvgIpc) is 3.60. The van der Waals surface area contributed by atoms with Gasteiger partial charge in [0.25, 0.3) is 0 Å². The predicted molar refractivity (Wildman–Crippen MR) is 187 cm³/mol. The fraction of sp³-hybridized carbons (Fsp3) is 0.0256. The second-order valence-corrected chi connectivity index (χ2v) is 11.3. The summed E-state index contributed by atoms with van der Waals surface area (Å²) in [6.07, 6.45) is 9.05. The summed E-state index contributed by atoms with van der Waals surface area (Å²) in [7, 11) is 0. The van der Waals surface area contributed by atoms with Crippen LogP contribution in [0.15, 0.2) is 133 Å². The molecule has 0 saturated carbocycles. The van der Waals surface area contributed by atoms with Crippen LogP contribution in [0.25, 0.3) is 66.0 Å². The molecule has 0 unspecified atom stereocenters. The van der Waals surface area contributed by atoms with Gasteiger partial charge in [-0.25, -0.2) is 4.98 Å². The van der Waals surface area contributed by atoms with E-state index in [0.717, 1.165) is 88.6 Å². The van der Waals surface area contributed by atoms with Crippen molar-refractivity contribution in [3.05, 3.63) is 139 Å². The third-order valence-electron chi connectivity index (χ3n) is 8.37. The van der Waals surface area contributed by atoms with Gasteiger partial charge in [-0.15, -0.1) is 0 Å². The fourth-order valence-electron chi connectivity index (χ4n) is 6.06. The molecule has 5 heterocycles. The first kappa shape index (κ1) is 26.8. The van der Waals surface area contributed by atoms with E-state index in [1.165, 1.54) is 0 Å². The first-order valence-corrected chi connectivity index (χ1v) is 15.3. The average molecular weight is 608 g/mol. The van der Waals surface area contributed by atoms with Gasteiger partial charge in [0.05, 0.1) is 38.8 Å². The van der Waals surface area contributed by atoms with E-state index in [-0.39, 0.29) is 0 Å². The standard InChI is InChI=1S/C39H25N7O/c1-5-27-21-32(29-6-2-18-41-34(29)33(27)40-17-1)44-22-24-9-11-25(12-10-24)23-47-28-15-13-26(14-16-28)39-45-37-30-7-3-19-42-35(30)36-31(38(37)46-39)8-4-20-43-36/h1-22H,23H2,(H,45,46). The van der Waals surface area contributed by atoms with Crippen LogP contribution < -0.4 is 4.74 Å². The Morgan fingerprint density at radius 3 is 2.02 bits per heavy atom. The number of benzene rings is 4. The predicted octanol–water partition coefficient (Wildman–Crippen LogP) is 8.75. The van der Waals surface area contributed by atoms with Crippen LogP contribution in [0.5, 0.6) is 5.75 Å². The van der Waals surface area contributed by atoms with Crippen molar-refractivity contribution in [1.82, 2.24) is 29.9 Å². The number of fused-ring (bicyclic) bond motifs is 9. The molecule has 47 heavy (non-hydrogen) atoms. The molecule has 9 aromatic rings. The number of pyridine rings is 4. The second kappa shape index (κ2) is 11.1. The maximum atomic E-state index is 6.12. The largest absolute Gasteiger partial charge is 0.489 e. The highest BCUT2D eigenvalue weighted by molar-refractivity contribution is 6.21. The Morgan fingerprint density at radius 2 is 1.26 bits per heavy atom. The molecule has 0 aliphatic rings. The monoisotopic (exact) mass is 607 g/mol. The number of aromatic nitrogens is 6. The Kier molecular flexibility index (Phi) is 6.35. The Hall–Kier alpha value is -6.54. The zero-order valence-electron chi connectivity index (χ0n) is 25.0. The molecule has 8 heteroatoms. The minimum Gasteiger partial charge on any atom is -0.489 e. The lowest BCUT2D eigenvalue weighted by atomic mass is 10.1. The van der Waals surface area contributed by atoms with Gasteiger partial charge >= 0.3 is 0 Å². The lowest BCUT2D eigenvalue weighted by Crippen LogP contribution is -1.95. The van der Waals surface area contributed by atoms with Crippen LogP contribution in [0.2, 0.25) is 0 Å². The van der Waals surface area contributed by atoms with Crippen molar-refractivity contribution in [3.63, 3.8) is 0 Å². The first-order valence-electron chi connectivity index (χ1n) is 15.3. The number of imidazole rings is 1. The van der Waals surface area contributed by atoms with Crippen molar-refractivity contribution in [2.45, 2.75) is 6.61 Å². The molecular weight excluding hydrogens is 582 g/mol. The van der Waals surface area contributed by atoms with Crippen LogP contribution >= 0.6 is 0 Å². The third-order valence-corrected chi connectivity index (χ3v) is 8.37. The summed E-state index contributed by atoms with van der Waals surface area (Å²) in [4.78, 5) is 31.6. The van der Waals surface area contributed by atoms with Crippen molar-refractivity contribution >= 4 is 66.5 Å². The highest BCUT2D eigenvalue weighted by Gasteiger charge is 2.15. The number of ether oxygens (including phenoxy) is 1. The smallest absolute Gasteiger partial charge is 0.138 e. The molecule has 0 amide bonds. The van der Waals surface area contributed by atoms with Gasteiger partial charge in [-0.1, -0.05) is 30.3 Å². The molecular formula is C39H25N7O. The number of H-pyrrole nitrogens is 1. The summed E-state index contributed by atoms with van der Waals surface area (Å²) >= 11 is 0. The van der Waals surface area contributed by atoms with E-state index in [4.69, 9.17) is 14.7 Å². The molecule has 4 aromatic carbocycles. The number of nitrogens with one attached hydrogen (secondary N) is 1. The van der Waals surface area contributed by atoms with E-state index in [1.807, 2.05) is 85.1 Å². The van der Waals surface area contributed by atoms with Gasteiger partial charge in [-0.05, 0) is 83.9 Å². The van der Waals surface area contributed by atoms with Gasteiger partial charge in [-0.3, -0.25) is 24.9 Å². The first-order chi connectivity index (χ1) is 23.3. The normalized spacial score (nSPS) is 11.8. The Bertz CT molecular complexity index is 2560. The molecule has 0 aliphatic carbocycles. The van der Waals surface area contributed by atoms with Gasteiger partial charge in [0.1, 0.15) is 18.2 Å². The molecule has 9 rings (SSSR count). The molecule has 0 bridgehead atoms. The van der Waals surface area contributed by atoms with E-state index in [2.05, 4.69) is 49.2 Å². The molecule has 8 nitrogen and oxygen atoms in total. The van der Waals surface area contributed by atoms with Gasteiger partial charge in [-0.2, -0.15) is 0 Å². The van der Waals surface area contributed by atoms with Gasteiger partial charge in [0.2, 0.25) is 0 Å². The molecule has 0 aliphatic heterocycles. The summed E-state index contributed by atoms with van der Waals surface area (Å²) in [5.41, 5.74) is 9.20. The molecule has 0 spiro atoms. The Morgan fingerprint density at radius 1 is 0.617 bits per heavy atom. The molecule has 0 radical (unpaired) electrons.